The Labute approximate surface area is 117 Å². The van der Waals surface area contributed by atoms with Gasteiger partial charge >= 0.3 is 0 Å². The van der Waals surface area contributed by atoms with Gasteiger partial charge in [0.15, 0.2) is 5.13 Å². The number of hydrogen-bond donors (Lipinski definition) is 1. The lowest BCUT2D eigenvalue weighted by molar-refractivity contribution is -0.254. The lowest BCUT2D eigenvalue weighted by Crippen LogP contribution is -2.21. The standard InChI is InChI=1S/C11H8Cl2N2O2S/c1-5-9(10(16)17)18-11(14-5)15-7-4-2-3-6(12)8(7)13/h2-4H,1H3,(H,14,15)(H,16,17)/p-1. The highest BCUT2D eigenvalue weighted by molar-refractivity contribution is 7.17. The van der Waals surface area contributed by atoms with Crippen molar-refractivity contribution in [2.24, 2.45) is 0 Å². The van der Waals surface area contributed by atoms with Crippen LogP contribution < -0.4 is 10.4 Å². The molecule has 1 aromatic heterocycles. The average molecular weight is 302 g/mol. The zero-order valence-corrected chi connectivity index (χ0v) is 11.5. The second-order valence-corrected chi connectivity index (χ2v) is 5.23. The summed E-state index contributed by atoms with van der Waals surface area (Å²) in [7, 11) is 0. The molecule has 0 amide bonds. The Hall–Kier alpha value is -1.30. The molecule has 18 heavy (non-hydrogen) atoms. The van der Waals surface area contributed by atoms with E-state index in [1.165, 1.54) is 0 Å². The van der Waals surface area contributed by atoms with Crippen LogP contribution in [0.1, 0.15) is 15.4 Å². The third-order valence-electron chi connectivity index (χ3n) is 2.18. The average Bonchev–Trinajstić information content (AvgIpc) is 2.66. The minimum Gasteiger partial charge on any atom is -0.544 e. The molecule has 1 aromatic carbocycles. The van der Waals surface area contributed by atoms with E-state index in [9.17, 15) is 9.90 Å². The molecule has 4 nitrogen and oxygen atoms in total. The van der Waals surface area contributed by atoms with Crippen molar-refractivity contribution in [1.82, 2.24) is 4.98 Å². The van der Waals surface area contributed by atoms with E-state index >= 15 is 0 Å². The van der Waals surface area contributed by atoms with E-state index in [1.54, 1.807) is 25.1 Å². The first kappa shape index (κ1) is 13.1. The third-order valence-corrected chi connectivity index (χ3v) is 4.05. The van der Waals surface area contributed by atoms with Gasteiger partial charge in [-0.25, -0.2) is 4.98 Å². The second-order valence-electron chi connectivity index (χ2n) is 3.45. The third kappa shape index (κ3) is 2.58. The molecule has 0 fully saturated rings. The number of nitrogens with one attached hydrogen (secondary N) is 1. The van der Waals surface area contributed by atoms with Gasteiger partial charge in [0, 0.05) is 0 Å². The van der Waals surface area contributed by atoms with Gasteiger partial charge in [0.25, 0.3) is 0 Å². The van der Waals surface area contributed by atoms with Gasteiger partial charge in [-0.1, -0.05) is 40.6 Å². The summed E-state index contributed by atoms with van der Waals surface area (Å²) in [6, 6.07) is 5.12. The number of carbonyl (C=O) groups is 1. The first-order chi connectivity index (χ1) is 8.49. The molecular weight excluding hydrogens is 295 g/mol. The van der Waals surface area contributed by atoms with Crippen molar-refractivity contribution >= 4 is 51.3 Å². The molecule has 94 valence electrons. The summed E-state index contributed by atoms with van der Waals surface area (Å²) in [5.41, 5.74) is 0.975. The minimum absolute atomic E-state index is 0.0932. The van der Waals surface area contributed by atoms with E-state index in [1.807, 2.05) is 0 Å². The van der Waals surface area contributed by atoms with Gasteiger partial charge in [-0.3, -0.25) is 0 Å². The number of nitrogens with zero attached hydrogens (tertiary/aromatic N) is 1. The normalized spacial score (nSPS) is 10.4. The summed E-state index contributed by atoms with van der Waals surface area (Å²) < 4.78 is 0. The van der Waals surface area contributed by atoms with Crippen LogP contribution in [-0.2, 0) is 0 Å². The summed E-state index contributed by atoms with van der Waals surface area (Å²) in [6.07, 6.45) is 0. The van der Waals surface area contributed by atoms with Crippen molar-refractivity contribution in [2.75, 3.05) is 5.32 Å². The number of aryl methyl sites for hydroxylation is 1. The predicted octanol–water partition coefficient (Wildman–Crippen LogP) is 2.87. The fraction of sp³-hybridized carbons (Fsp3) is 0.0909. The zero-order valence-electron chi connectivity index (χ0n) is 9.16. The fourth-order valence-corrected chi connectivity index (χ4v) is 2.52. The summed E-state index contributed by atoms with van der Waals surface area (Å²) in [6.45, 7) is 1.60. The number of carbonyl (C=O) groups excluding carboxylic acids is 1. The Balaban J connectivity index is 2.32. The lowest BCUT2D eigenvalue weighted by atomic mass is 10.3. The number of hydrogen-bond acceptors (Lipinski definition) is 5. The highest BCUT2D eigenvalue weighted by atomic mass is 35.5. The molecule has 0 unspecified atom stereocenters. The first-order valence-electron chi connectivity index (χ1n) is 4.89. The molecule has 0 aliphatic rings. The second kappa shape index (κ2) is 5.14. The van der Waals surface area contributed by atoms with E-state index < -0.39 is 5.97 Å². The topological polar surface area (TPSA) is 65.0 Å². The highest BCUT2D eigenvalue weighted by Gasteiger charge is 2.10. The Bertz CT molecular complexity index is 613. The maximum Gasteiger partial charge on any atom is 0.188 e. The number of aromatic carboxylic acids is 1. The van der Waals surface area contributed by atoms with Crippen molar-refractivity contribution in [1.29, 1.82) is 0 Å². The molecular formula is C11H7Cl2N2O2S-. The summed E-state index contributed by atoms with van der Waals surface area (Å²) in [4.78, 5) is 15.0. The first-order valence-corrected chi connectivity index (χ1v) is 6.46. The maximum absolute atomic E-state index is 10.8. The Morgan fingerprint density at radius 3 is 2.78 bits per heavy atom. The predicted molar refractivity (Wildman–Crippen MR) is 70.9 cm³/mol. The van der Waals surface area contributed by atoms with Crippen LogP contribution in [0, 0.1) is 6.92 Å². The molecule has 1 heterocycles. The number of thiazole rings is 1. The molecule has 0 aliphatic heterocycles. The number of halogens is 2. The molecule has 0 spiro atoms. The van der Waals surface area contributed by atoms with Crippen molar-refractivity contribution < 1.29 is 9.90 Å². The summed E-state index contributed by atoms with van der Waals surface area (Å²) in [5.74, 6) is -1.24. The summed E-state index contributed by atoms with van der Waals surface area (Å²) >= 11 is 12.9. The van der Waals surface area contributed by atoms with Crippen LogP contribution in [0.25, 0.3) is 0 Å². The van der Waals surface area contributed by atoms with Crippen molar-refractivity contribution in [3.05, 3.63) is 38.8 Å². The highest BCUT2D eigenvalue weighted by Crippen LogP contribution is 2.33. The lowest BCUT2D eigenvalue weighted by Gasteiger charge is -2.05. The largest absolute Gasteiger partial charge is 0.544 e. The molecule has 7 heteroatoms. The SMILES string of the molecule is Cc1nc(Nc2cccc(Cl)c2Cl)sc1C(=O)[O-]. The molecule has 0 saturated heterocycles. The molecule has 2 aromatic rings. The molecule has 0 saturated carbocycles. The summed E-state index contributed by atoms with van der Waals surface area (Å²) in [5, 5.41) is 14.9. The van der Waals surface area contributed by atoms with Gasteiger partial charge in [0.05, 0.1) is 32.3 Å². The fourth-order valence-electron chi connectivity index (χ4n) is 1.35. The molecule has 0 atom stereocenters. The van der Waals surface area contributed by atoms with Gasteiger partial charge in [-0.15, -0.1) is 0 Å². The van der Waals surface area contributed by atoms with Crippen molar-refractivity contribution in [3.63, 3.8) is 0 Å². The van der Waals surface area contributed by atoms with Crippen LogP contribution in [-0.4, -0.2) is 11.0 Å². The number of carboxylic acid groups (broad SMARTS) is 1. The van der Waals surface area contributed by atoms with Gasteiger partial charge in [0.1, 0.15) is 0 Å². The van der Waals surface area contributed by atoms with Crippen LogP contribution in [0.15, 0.2) is 18.2 Å². The maximum atomic E-state index is 10.8. The van der Waals surface area contributed by atoms with Crippen LogP contribution in [0.3, 0.4) is 0 Å². The molecule has 0 aliphatic carbocycles. The number of rotatable bonds is 3. The van der Waals surface area contributed by atoms with Crippen LogP contribution in [0.4, 0.5) is 10.8 Å². The van der Waals surface area contributed by atoms with Crippen LogP contribution in [0.5, 0.6) is 0 Å². The van der Waals surface area contributed by atoms with Gasteiger partial charge < -0.3 is 15.2 Å². The number of anilines is 2. The van der Waals surface area contributed by atoms with Gasteiger partial charge in [-0.05, 0) is 19.1 Å². The van der Waals surface area contributed by atoms with E-state index in [-0.39, 0.29) is 4.88 Å². The van der Waals surface area contributed by atoms with Crippen LogP contribution >= 0.6 is 34.5 Å². The number of carboxylic acids is 1. The van der Waals surface area contributed by atoms with E-state index in [0.29, 0.717) is 26.6 Å². The zero-order chi connectivity index (χ0) is 13.3. The Morgan fingerprint density at radius 1 is 1.44 bits per heavy atom. The van der Waals surface area contributed by atoms with Gasteiger partial charge in [0.2, 0.25) is 0 Å². The Kier molecular flexibility index (Phi) is 3.75. The van der Waals surface area contributed by atoms with Crippen molar-refractivity contribution in [3.8, 4) is 0 Å². The van der Waals surface area contributed by atoms with Gasteiger partial charge in [-0.2, -0.15) is 0 Å². The quantitative estimate of drug-likeness (QED) is 0.947. The van der Waals surface area contributed by atoms with E-state index in [4.69, 9.17) is 23.2 Å². The Morgan fingerprint density at radius 2 is 2.17 bits per heavy atom. The van der Waals surface area contributed by atoms with E-state index in [2.05, 4.69) is 10.3 Å². The molecule has 2 rings (SSSR count). The monoisotopic (exact) mass is 301 g/mol. The number of aromatic nitrogens is 1. The number of benzene rings is 1. The molecule has 0 bridgehead atoms. The smallest absolute Gasteiger partial charge is 0.188 e. The van der Waals surface area contributed by atoms with Crippen molar-refractivity contribution in [2.45, 2.75) is 6.92 Å². The van der Waals surface area contributed by atoms with Crippen LogP contribution in [0.2, 0.25) is 10.0 Å². The van der Waals surface area contributed by atoms with E-state index in [0.717, 1.165) is 11.3 Å². The minimum atomic E-state index is -1.24. The molecule has 0 radical (unpaired) electrons. The molecule has 1 N–H and O–H groups in total.